The van der Waals surface area contributed by atoms with Crippen LogP contribution < -0.4 is 20.3 Å². The van der Waals surface area contributed by atoms with Gasteiger partial charge < -0.3 is 9.47 Å². The smallest absolute Gasteiger partial charge is 0.283 e. The summed E-state index contributed by atoms with van der Waals surface area (Å²) in [5.41, 5.74) is 5.81. The van der Waals surface area contributed by atoms with Gasteiger partial charge in [-0.25, -0.2) is 0 Å². The van der Waals surface area contributed by atoms with Crippen molar-refractivity contribution in [2.75, 3.05) is 6.61 Å². The highest BCUT2D eigenvalue weighted by molar-refractivity contribution is 5.88. The van der Waals surface area contributed by atoms with Gasteiger partial charge in [-0.15, -0.1) is 0 Å². The van der Waals surface area contributed by atoms with E-state index in [0.29, 0.717) is 17.9 Å². The largest absolute Gasteiger partial charge is 0.485 e. The van der Waals surface area contributed by atoms with Gasteiger partial charge >= 0.3 is 0 Å². The molecule has 2 amide bonds. The lowest BCUT2D eigenvalue weighted by Gasteiger charge is -2.25. The molecule has 0 fully saturated rings. The Bertz CT molecular complexity index is 748. The van der Waals surface area contributed by atoms with Crippen LogP contribution in [0.4, 0.5) is 0 Å². The lowest BCUT2D eigenvalue weighted by molar-refractivity contribution is -0.135. The van der Waals surface area contributed by atoms with Crippen molar-refractivity contribution in [3.63, 3.8) is 0 Å². The van der Waals surface area contributed by atoms with Crippen LogP contribution in [0.3, 0.4) is 0 Å². The maximum absolute atomic E-state index is 12.4. The predicted molar refractivity (Wildman–Crippen MR) is 92.1 cm³/mol. The minimum absolute atomic E-state index is 0.0919. The first kappa shape index (κ1) is 16.8. The molecule has 3 rings (SSSR count). The number of nitrogens with one attached hydrogen (secondary N) is 2. The van der Waals surface area contributed by atoms with Gasteiger partial charge in [0.1, 0.15) is 6.61 Å². The van der Waals surface area contributed by atoms with Crippen LogP contribution in [0.15, 0.2) is 54.6 Å². The van der Waals surface area contributed by atoms with Crippen LogP contribution in [0.25, 0.3) is 0 Å². The van der Waals surface area contributed by atoms with Crippen molar-refractivity contribution >= 4 is 11.8 Å². The van der Waals surface area contributed by atoms with Crippen LogP contribution in [0.2, 0.25) is 0 Å². The molecule has 0 spiro atoms. The molecule has 1 aliphatic rings. The summed E-state index contributed by atoms with van der Waals surface area (Å²) in [5, 5.41) is 0. The number of carbonyl (C=O) groups excluding carboxylic acids is 2. The van der Waals surface area contributed by atoms with E-state index in [0.717, 1.165) is 5.56 Å². The monoisotopic (exact) mass is 340 g/mol. The average molecular weight is 340 g/mol. The van der Waals surface area contributed by atoms with Gasteiger partial charge in [0.25, 0.3) is 5.91 Å². The molecule has 0 aromatic heterocycles. The van der Waals surface area contributed by atoms with Crippen molar-refractivity contribution < 1.29 is 19.1 Å². The molecule has 0 aliphatic carbocycles. The Hall–Kier alpha value is -3.02. The summed E-state index contributed by atoms with van der Waals surface area (Å²) in [4.78, 5) is 24.6. The lowest BCUT2D eigenvalue weighted by Crippen LogP contribution is -2.51. The Morgan fingerprint density at radius 3 is 2.44 bits per heavy atom. The Balaban J connectivity index is 1.56. The van der Waals surface area contributed by atoms with E-state index in [1.54, 1.807) is 18.2 Å². The van der Waals surface area contributed by atoms with Crippen molar-refractivity contribution in [1.82, 2.24) is 10.9 Å². The number of hydrazine groups is 1. The fraction of sp³-hybridized carbons (Fsp3) is 0.263. The second kappa shape index (κ2) is 7.70. The van der Waals surface area contributed by atoms with E-state index in [2.05, 4.69) is 10.9 Å². The molecule has 2 unspecified atom stereocenters. The van der Waals surface area contributed by atoms with Gasteiger partial charge in [0.15, 0.2) is 11.5 Å². The summed E-state index contributed by atoms with van der Waals surface area (Å²) in [6.07, 6.45) is -0.186. The standard InChI is InChI=1S/C19H20N2O4/c1-2-14(13-8-4-3-5-9-13)18(22)20-21-19(23)17-12-24-15-10-6-7-11-16(15)25-17/h3-11,14,17H,2,12H2,1H3,(H,20,22)(H,21,23). The normalized spacial score (nSPS) is 16.6. The zero-order valence-electron chi connectivity index (χ0n) is 13.9. The van der Waals surface area contributed by atoms with Crippen molar-refractivity contribution in [3.05, 3.63) is 60.2 Å². The van der Waals surface area contributed by atoms with Crippen LogP contribution >= 0.6 is 0 Å². The highest BCUT2D eigenvalue weighted by atomic mass is 16.6. The van der Waals surface area contributed by atoms with Gasteiger partial charge in [0.05, 0.1) is 5.92 Å². The van der Waals surface area contributed by atoms with Gasteiger partial charge in [0, 0.05) is 0 Å². The van der Waals surface area contributed by atoms with E-state index in [9.17, 15) is 9.59 Å². The van der Waals surface area contributed by atoms with E-state index in [-0.39, 0.29) is 18.4 Å². The van der Waals surface area contributed by atoms with Crippen molar-refractivity contribution in [1.29, 1.82) is 0 Å². The van der Waals surface area contributed by atoms with E-state index in [1.165, 1.54) is 0 Å². The zero-order valence-corrected chi connectivity index (χ0v) is 13.9. The number of carbonyl (C=O) groups is 2. The van der Waals surface area contributed by atoms with Gasteiger partial charge in [-0.1, -0.05) is 49.4 Å². The molecule has 25 heavy (non-hydrogen) atoms. The SMILES string of the molecule is CCC(C(=O)NNC(=O)C1COc2ccccc2O1)c1ccccc1. The quantitative estimate of drug-likeness (QED) is 0.837. The lowest BCUT2D eigenvalue weighted by atomic mass is 9.96. The van der Waals surface area contributed by atoms with Crippen LogP contribution in [-0.2, 0) is 9.59 Å². The average Bonchev–Trinajstić information content (AvgIpc) is 2.67. The first-order valence-electron chi connectivity index (χ1n) is 8.22. The van der Waals surface area contributed by atoms with Gasteiger partial charge in [-0.2, -0.15) is 0 Å². The molecular formula is C19H20N2O4. The molecule has 1 aliphatic heterocycles. The number of benzene rings is 2. The molecule has 6 heteroatoms. The van der Waals surface area contributed by atoms with Crippen molar-refractivity contribution in [3.8, 4) is 11.5 Å². The minimum atomic E-state index is -0.813. The number of hydrogen-bond donors (Lipinski definition) is 2. The minimum Gasteiger partial charge on any atom is -0.485 e. The zero-order chi connectivity index (χ0) is 17.6. The highest BCUT2D eigenvalue weighted by Crippen LogP contribution is 2.30. The van der Waals surface area contributed by atoms with Crippen LogP contribution in [0.1, 0.15) is 24.8 Å². The summed E-state index contributed by atoms with van der Waals surface area (Å²) in [7, 11) is 0. The van der Waals surface area contributed by atoms with E-state index in [4.69, 9.17) is 9.47 Å². The van der Waals surface area contributed by atoms with Gasteiger partial charge in [0.2, 0.25) is 12.0 Å². The Labute approximate surface area is 146 Å². The molecule has 2 atom stereocenters. The van der Waals surface area contributed by atoms with E-state index < -0.39 is 12.0 Å². The fourth-order valence-electron chi connectivity index (χ4n) is 2.70. The molecule has 2 aromatic rings. The van der Waals surface area contributed by atoms with E-state index >= 15 is 0 Å². The maximum atomic E-state index is 12.4. The first-order chi connectivity index (χ1) is 12.2. The number of para-hydroxylation sites is 2. The molecule has 6 nitrogen and oxygen atoms in total. The summed E-state index contributed by atoms with van der Waals surface area (Å²) >= 11 is 0. The number of rotatable bonds is 4. The Morgan fingerprint density at radius 1 is 1.04 bits per heavy atom. The number of fused-ring (bicyclic) bond motifs is 1. The molecule has 2 N–H and O–H groups in total. The Morgan fingerprint density at radius 2 is 1.72 bits per heavy atom. The number of amides is 2. The maximum Gasteiger partial charge on any atom is 0.283 e. The summed E-state index contributed by atoms with van der Waals surface area (Å²) in [6.45, 7) is 2.02. The fourth-order valence-corrected chi connectivity index (χ4v) is 2.70. The third-order valence-electron chi connectivity index (χ3n) is 4.04. The summed E-state index contributed by atoms with van der Waals surface area (Å²) in [6, 6.07) is 16.6. The molecule has 0 saturated carbocycles. The van der Waals surface area contributed by atoms with Crippen molar-refractivity contribution in [2.24, 2.45) is 0 Å². The second-order valence-corrected chi connectivity index (χ2v) is 5.71. The van der Waals surface area contributed by atoms with Gasteiger partial charge in [-0.3, -0.25) is 20.4 Å². The van der Waals surface area contributed by atoms with Crippen LogP contribution in [0.5, 0.6) is 11.5 Å². The number of ether oxygens (including phenoxy) is 2. The first-order valence-corrected chi connectivity index (χ1v) is 8.22. The third-order valence-corrected chi connectivity index (χ3v) is 4.04. The number of hydrogen-bond acceptors (Lipinski definition) is 4. The van der Waals surface area contributed by atoms with Crippen LogP contribution in [0, 0.1) is 0 Å². The summed E-state index contributed by atoms with van der Waals surface area (Å²) in [5.74, 6) is 0.0670. The molecule has 0 bridgehead atoms. The molecule has 0 saturated heterocycles. The predicted octanol–water partition coefficient (Wildman–Crippen LogP) is 2.17. The molecular weight excluding hydrogens is 320 g/mol. The third kappa shape index (κ3) is 3.91. The molecule has 0 radical (unpaired) electrons. The topological polar surface area (TPSA) is 76.7 Å². The van der Waals surface area contributed by atoms with E-state index in [1.807, 2.05) is 43.3 Å². The van der Waals surface area contributed by atoms with Gasteiger partial charge in [-0.05, 0) is 24.1 Å². The van der Waals surface area contributed by atoms with Crippen LogP contribution in [-0.4, -0.2) is 24.5 Å². The molecule has 2 aromatic carbocycles. The Kier molecular flexibility index (Phi) is 5.18. The summed E-state index contributed by atoms with van der Waals surface area (Å²) < 4.78 is 11.1. The van der Waals surface area contributed by atoms with Crippen molar-refractivity contribution in [2.45, 2.75) is 25.4 Å². The molecule has 130 valence electrons. The highest BCUT2D eigenvalue weighted by Gasteiger charge is 2.28. The second-order valence-electron chi connectivity index (χ2n) is 5.71. The molecule has 1 heterocycles.